The third kappa shape index (κ3) is 11.1. The number of oxime groups is 1. The number of rotatable bonds is 8. The Bertz CT molecular complexity index is 1760. The highest BCUT2D eigenvalue weighted by Gasteiger charge is 2.52. The van der Waals surface area contributed by atoms with Gasteiger partial charge >= 0.3 is 5.97 Å². The van der Waals surface area contributed by atoms with Crippen LogP contribution in [0.1, 0.15) is 79.5 Å². The Kier molecular flexibility index (Phi) is 15.7. The molecule has 0 saturated carbocycles. The van der Waals surface area contributed by atoms with E-state index in [-0.39, 0.29) is 50.3 Å². The first-order valence-corrected chi connectivity index (χ1v) is 21.6. The van der Waals surface area contributed by atoms with Crippen molar-refractivity contribution in [1.29, 1.82) is 0 Å². The van der Waals surface area contributed by atoms with Crippen LogP contribution in [0.2, 0.25) is 0 Å². The Hall–Kier alpha value is -3.06. The molecule has 2 bridgehead atoms. The molecule has 4 fully saturated rings. The van der Waals surface area contributed by atoms with E-state index in [0.29, 0.717) is 30.9 Å². The van der Waals surface area contributed by atoms with Crippen molar-refractivity contribution in [3.63, 3.8) is 0 Å². The van der Waals surface area contributed by atoms with Crippen LogP contribution >= 0.6 is 11.3 Å². The van der Waals surface area contributed by atoms with E-state index in [2.05, 4.69) is 22.0 Å². The van der Waals surface area contributed by atoms with Crippen molar-refractivity contribution in [3.05, 3.63) is 35.2 Å². The Morgan fingerprint density at radius 2 is 1.83 bits per heavy atom. The number of aliphatic hydroxyl groups excluding tert-OH is 1. The largest absolute Gasteiger partial charge is 0.459 e. The lowest BCUT2D eigenvalue weighted by atomic mass is 9.79. The number of ether oxygens (including phenoxy) is 5. The highest BCUT2D eigenvalue weighted by molar-refractivity contribution is 7.15. The number of likely N-dealkylation sites (N-methyl/N-ethyl adjacent to an activating group) is 1. The van der Waals surface area contributed by atoms with Crippen molar-refractivity contribution in [2.45, 2.75) is 141 Å². The second-order valence-corrected chi connectivity index (χ2v) is 18.7. The summed E-state index contributed by atoms with van der Waals surface area (Å²) >= 11 is 1.51. The number of nitrogens with zero attached hydrogens (tertiary/aromatic N) is 4. The molecule has 13 atom stereocenters. The van der Waals surface area contributed by atoms with Crippen molar-refractivity contribution in [3.8, 4) is 10.6 Å². The summed E-state index contributed by atoms with van der Waals surface area (Å²) in [5.74, 6) is -3.17. The summed E-state index contributed by atoms with van der Waals surface area (Å²) in [6.45, 7) is 15.0. The Balaban J connectivity index is 1.58. The number of ketones is 1. The number of nitrogen functional groups attached to an aromatic ring is 1. The van der Waals surface area contributed by atoms with Gasteiger partial charge in [-0.3, -0.25) is 9.59 Å². The zero-order valence-electron chi connectivity index (χ0n) is 36.6. The molecule has 0 aliphatic carbocycles. The number of Topliss-reactive ketones (excluding diaryl/α,β-unsaturated/α-hetero) is 1. The van der Waals surface area contributed by atoms with E-state index in [1.807, 2.05) is 78.0 Å². The van der Waals surface area contributed by atoms with Crippen LogP contribution in [0.25, 0.3) is 10.6 Å². The summed E-state index contributed by atoms with van der Waals surface area (Å²) < 4.78 is 32.7. The first kappa shape index (κ1) is 47.0. The van der Waals surface area contributed by atoms with Crippen LogP contribution in [-0.4, -0.2) is 143 Å². The first-order chi connectivity index (χ1) is 27.7. The SMILES string of the molecule is CC[C@H]1OC(=O)[C@H](C)C(=O)[C@H](C)[C@@H](O[C@@H]2O[C@H](C)C[C@H](N(C)C)[C@H]2O)[C@@]2(C)C[C@@H](C)N(C)C[C@H](C)[C@H](OC/C(=N\OCc3ccc(-c4cccc(N)n4)s3)CO2)[C@]1(C)O. The molecule has 15 nitrogen and oxygen atoms in total. The fourth-order valence-corrected chi connectivity index (χ4v) is 9.71. The summed E-state index contributed by atoms with van der Waals surface area (Å²) in [5, 5.41) is 28.5. The zero-order chi connectivity index (χ0) is 43.4. The zero-order valence-corrected chi connectivity index (χ0v) is 37.4. The van der Waals surface area contributed by atoms with Crippen LogP contribution in [0, 0.1) is 17.8 Å². The maximum absolute atomic E-state index is 14.5. The molecule has 4 N–H and O–H groups in total. The molecular formula is C43H67N5O10S. The van der Waals surface area contributed by atoms with Crippen molar-refractivity contribution in [2.75, 3.05) is 46.6 Å². The van der Waals surface area contributed by atoms with Crippen molar-refractivity contribution in [2.24, 2.45) is 22.9 Å². The summed E-state index contributed by atoms with van der Waals surface area (Å²) in [6.07, 6.45) is -4.05. The van der Waals surface area contributed by atoms with Gasteiger partial charge in [-0.05, 0) is 105 Å². The summed E-state index contributed by atoms with van der Waals surface area (Å²) in [4.78, 5) is 44.7. The van der Waals surface area contributed by atoms with Crippen LogP contribution in [0.15, 0.2) is 35.5 Å². The number of pyridine rings is 1. The number of hydrogen-bond donors (Lipinski definition) is 3. The number of nitrogens with two attached hydrogens (primary N) is 1. The van der Waals surface area contributed by atoms with Crippen LogP contribution in [0.4, 0.5) is 5.82 Å². The van der Waals surface area contributed by atoms with E-state index in [0.717, 1.165) is 15.4 Å². The molecule has 330 valence electrons. The standard InChI is InChI=1S/C43H67N5O10S/c1-12-34-43(8,52)38-24(2)20-48(11)25(3)19-42(7,54-22-29(21-53-38)46-55-23-30-16-17-33(59-30)31-14-13-15-35(44)45-31)39(27(5)36(49)28(6)40(51)57-34)58-41-37(50)32(47(9)10)18-26(4)56-41/h13-17,24-28,32,34,37-39,41,50,52H,12,18-23H2,1-11H3,(H2,44,45)/b46-29+/t24-,25+,26+,27-,28+,32-,34+,37+,38-,39+,41-,42+,43+/m0/s1. The number of anilines is 1. The van der Waals surface area contributed by atoms with E-state index in [1.165, 1.54) is 18.3 Å². The molecule has 6 rings (SSSR count). The molecule has 0 unspecified atom stereocenters. The number of esters is 1. The van der Waals surface area contributed by atoms with Gasteiger partial charge in [-0.25, -0.2) is 4.98 Å². The second kappa shape index (κ2) is 19.8. The Morgan fingerprint density at radius 1 is 1.10 bits per heavy atom. The average Bonchev–Trinajstić information content (AvgIpc) is 3.66. The topological polar surface area (TPSA) is 188 Å². The van der Waals surface area contributed by atoms with E-state index in [4.69, 9.17) is 34.3 Å². The minimum absolute atomic E-state index is 0.0866. The van der Waals surface area contributed by atoms with Crippen molar-refractivity contribution in [1.82, 2.24) is 14.8 Å². The van der Waals surface area contributed by atoms with Crippen molar-refractivity contribution >= 4 is 34.6 Å². The molecule has 59 heavy (non-hydrogen) atoms. The molecule has 0 amide bonds. The van der Waals surface area contributed by atoms with E-state index in [9.17, 15) is 19.8 Å². The van der Waals surface area contributed by atoms with E-state index in [1.54, 1.807) is 19.9 Å². The van der Waals surface area contributed by atoms with Crippen LogP contribution < -0.4 is 5.73 Å². The van der Waals surface area contributed by atoms with Crippen LogP contribution in [0.5, 0.6) is 0 Å². The minimum Gasteiger partial charge on any atom is -0.459 e. The molecule has 0 aromatic carbocycles. The van der Waals surface area contributed by atoms with Gasteiger partial charge in [0.15, 0.2) is 18.7 Å². The number of aliphatic hydroxyl groups is 2. The first-order valence-electron chi connectivity index (χ1n) is 20.8. The molecule has 0 radical (unpaired) electrons. The Labute approximate surface area is 353 Å². The summed E-state index contributed by atoms with van der Waals surface area (Å²) in [5.41, 5.74) is 4.18. The fourth-order valence-electron chi connectivity index (χ4n) is 8.83. The highest BCUT2D eigenvalue weighted by atomic mass is 32.1. The van der Waals surface area contributed by atoms with Crippen LogP contribution in [-0.2, 0) is 44.7 Å². The molecule has 2 aromatic heterocycles. The number of fused-ring (bicyclic) bond motifs is 15. The van der Waals surface area contributed by atoms with E-state index >= 15 is 0 Å². The van der Waals surface area contributed by atoms with Gasteiger partial charge in [0, 0.05) is 29.4 Å². The van der Waals surface area contributed by atoms with Gasteiger partial charge in [-0.15, -0.1) is 11.3 Å². The van der Waals surface area contributed by atoms with Gasteiger partial charge in [0.2, 0.25) is 0 Å². The maximum Gasteiger partial charge on any atom is 0.316 e. The van der Waals surface area contributed by atoms with Crippen LogP contribution in [0.3, 0.4) is 0 Å². The van der Waals surface area contributed by atoms with Gasteiger partial charge < -0.3 is 54.3 Å². The number of hydrogen-bond acceptors (Lipinski definition) is 16. The number of carbonyl (C=O) groups is 2. The minimum atomic E-state index is -1.67. The lowest BCUT2D eigenvalue weighted by Gasteiger charge is -2.48. The lowest BCUT2D eigenvalue weighted by molar-refractivity contribution is -0.296. The van der Waals surface area contributed by atoms with Gasteiger partial charge in [0.25, 0.3) is 0 Å². The van der Waals surface area contributed by atoms with Gasteiger partial charge in [0.05, 0.1) is 47.7 Å². The molecule has 0 spiro atoms. The molecule has 16 heteroatoms. The fraction of sp³-hybridized carbons (Fsp3) is 0.721. The molecule has 6 heterocycles. The quantitative estimate of drug-likeness (QED) is 0.191. The third-order valence-corrected chi connectivity index (χ3v) is 13.4. The number of carbonyl (C=O) groups excluding carboxylic acids is 2. The monoisotopic (exact) mass is 845 g/mol. The molecule has 2 aromatic rings. The molecule has 4 aliphatic heterocycles. The lowest BCUT2D eigenvalue weighted by Crippen LogP contribution is -2.60. The maximum atomic E-state index is 14.5. The average molecular weight is 846 g/mol. The van der Waals surface area contributed by atoms with Gasteiger partial charge in [-0.2, -0.15) is 0 Å². The number of aromatic nitrogens is 1. The molecule has 4 saturated heterocycles. The molecule has 4 aliphatic rings. The highest BCUT2D eigenvalue weighted by Crippen LogP contribution is 2.38. The smallest absolute Gasteiger partial charge is 0.316 e. The third-order valence-electron chi connectivity index (χ3n) is 12.3. The molecular weight excluding hydrogens is 779 g/mol. The normalized spacial score (nSPS) is 37.9. The van der Waals surface area contributed by atoms with Gasteiger partial charge in [0.1, 0.15) is 35.3 Å². The summed E-state index contributed by atoms with van der Waals surface area (Å²) in [6, 6.07) is 8.98. The van der Waals surface area contributed by atoms with Gasteiger partial charge in [-0.1, -0.05) is 32.0 Å². The second-order valence-electron chi connectivity index (χ2n) is 17.5. The predicted octanol–water partition coefficient (Wildman–Crippen LogP) is 4.52. The van der Waals surface area contributed by atoms with Crippen molar-refractivity contribution < 1.29 is 48.3 Å². The Morgan fingerprint density at radius 3 is 2.51 bits per heavy atom. The number of thiophene rings is 1. The van der Waals surface area contributed by atoms with E-state index < -0.39 is 65.5 Å². The summed E-state index contributed by atoms with van der Waals surface area (Å²) in [7, 11) is 5.79. The predicted molar refractivity (Wildman–Crippen MR) is 226 cm³/mol.